The Morgan fingerprint density at radius 1 is 1.08 bits per heavy atom. The van der Waals surface area contributed by atoms with Crippen molar-refractivity contribution in [1.82, 2.24) is 9.88 Å². The third-order valence-electron chi connectivity index (χ3n) is 5.96. The third kappa shape index (κ3) is 9.69. The molecule has 2 atom stereocenters. The number of pyridine rings is 1. The molecule has 206 valence electrons. The molecule has 37 heavy (non-hydrogen) atoms. The van der Waals surface area contributed by atoms with Gasteiger partial charge in [0.05, 0.1) is 26.0 Å². The fourth-order valence-electron chi connectivity index (χ4n) is 4.36. The summed E-state index contributed by atoms with van der Waals surface area (Å²) in [7, 11) is 0. The van der Waals surface area contributed by atoms with E-state index < -0.39 is 24.3 Å². The molecule has 0 spiro atoms. The minimum atomic E-state index is -5.08. The summed E-state index contributed by atoms with van der Waals surface area (Å²) >= 11 is 0. The van der Waals surface area contributed by atoms with E-state index in [1.54, 1.807) is 6.26 Å². The number of halogens is 6. The van der Waals surface area contributed by atoms with Crippen molar-refractivity contribution >= 4 is 11.9 Å². The lowest BCUT2D eigenvalue weighted by Crippen LogP contribution is -2.32. The van der Waals surface area contributed by atoms with Gasteiger partial charge in [-0.15, -0.1) is 0 Å². The SMILES string of the molecule is O=C(O)C(F)(F)F.O=C(O)C(F)(F)F.c1coc(CN2C[C@H]3CCC[C@@]3(COCc3ccncc3)C2)c1. The lowest BCUT2D eigenvalue weighted by atomic mass is 9.81. The first-order valence-electron chi connectivity index (χ1n) is 11.0. The van der Waals surface area contributed by atoms with Crippen molar-refractivity contribution in [1.29, 1.82) is 0 Å². The Morgan fingerprint density at radius 3 is 2.19 bits per heavy atom. The highest BCUT2D eigenvalue weighted by Gasteiger charge is 2.49. The topological polar surface area (TPSA) is 113 Å². The molecule has 8 nitrogen and oxygen atoms in total. The Balaban J connectivity index is 0.000000286. The summed E-state index contributed by atoms with van der Waals surface area (Å²) in [4.78, 5) is 24.4. The van der Waals surface area contributed by atoms with E-state index in [-0.39, 0.29) is 0 Å². The zero-order chi connectivity index (χ0) is 27.7. The van der Waals surface area contributed by atoms with Gasteiger partial charge in [-0.1, -0.05) is 6.42 Å². The standard InChI is InChI=1S/C19H24N2O2.2C2HF3O2/c1-3-17-11-21(12-18-4-2-10-23-18)14-19(17,7-1)15-22-13-16-5-8-20-9-6-16;2*3-2(4,5)1(6)7/h2,4-6,8-10,17H,1,3,7,11-15H2;2*(H,6,7)/t17-,19+;;/m1../s1. The highest BCUT2D eigenvalue weighted by atomic mass is 19.4. The van der Waals surface area contributed by atoms with Crippen LogP contribution in [-0.4, -0.2) is 64.1 Å². The van der Waals surface area contributed by atoms with Gasteiger partial charge >= 0.3 is 24.3 Å². The van der Waals surface area contributed by atoms with Crippen LogP contribution in [0.5, 0.6) is 0 Å². The predicted octanol–water partition coefficient (Wildman–Crippen LogP) is 4.76. The quantitative estimate of drug-likeness (QED) is 0.505. The molecule has 2 aliphatic rings. The summed E-state index contributed by atoms with van der Waals surface area (Å²) < 4.78 is 75.1. The number of rotatable bonds is 6. The van der Waals surface area contributed by atoms with Crippen molar-refractivity contribution in [3.63, 3.8) is 0 Å². The maximum absolute atomic E-state index is 10.6. The molecular weight excluding hydrogens is 514 g/mol. The molecule has 2 aromatic heterocycles. The minimum Gasteiger partial charge on any atom is -0.475 e. The second-order valence-corrected chi connectivity index (χ2v) is 8.65. The summed E-state index contributed by atoms with van der Waals surface area (Å²) in [5.74, 6) is -3.67. The van der Waals surface area contributed by atoms with Gasteiger partial charge in [0.15, 0.2) is 0 Å². The first-order valence-corrected chi connectivity index (χ1v) is 11.0. The number of ether oxygens (including phenoxy) is 1. The van der Waals surface area contributed by atoms with Crippen LogP contribution in [0, 0.1) is 11.3 Å². The summed E-state index contributed by atoms with van der Waals surface area (Å²) in [6.45, 7) is 4.80. The molecular formula is C23H26F6N2O6. The molecule has 0 radical (unpaired) electrons. The average Bonchev–Trinajstić information content (AvgIpc) is 3.51. The number of likely N-dealkylation sites (tertiary alicyclic amines) is 1. The number of aliphatic carboxylic acids is 2. The number of hydrogen-bond donors (Lipinski definition) is 2. The second kappa shape index (κ2) is 12.9. The third-order valence-corrected chi connectivity index (χ3v) is 5.96. The van der Waals surface area contributed by atoms with Crippen LogP contribution in [0.4, 0.5) is 26.3 Å². The van der Waals surface area contributed by atoms with Crippen molar-refractivity contribution in [2.45, 2.75) is 44.8 Å². The van der Waals surface area contributed by atoms with Gasteiger partial charge in [0, 0.05) is 30.9 Å². The number of carboxylic acids is 2. The Labute approximate surface area is 207 Å². The smallest absolute Gasteiger partial charge is 0.475 e. The van der Waals surface area contributed by atoms with Crippen molar-refractivity contribution in [2.75, 3.05) is 19.7 Å². The van der Waals surface area contributed by atoms with E-state index in [1.807, 2.05) is 30.6 Å². The van der Waals surface area contributed by atoms with Crippen LogP contribution in [0.2, 0.25) is 0 Å². The van der Waals surface area contributed by atoms with Gasteiger partial charge in [-0.2, -0.15) is 26.3 Å². The van der Waals surface area contributed by atoms with Gasteiger partial charge in [-0.05, 0) is 48.6 Å². The van der Waals surface area contributed by atoms with Gasteiger partial charge in [0.25, 0.3) is 0 Å². The van der Waals surface area contributed by atoms with E-state index in [1.165, 1.54) is 31.4 Å². The molecule has 0 bridgehead atoms. The van der Waals surface area contributed by atoms with Gasteiger partial charge in [-0.25, -0.2) is 9.59 Å². The van der Waals surface area contributed by atoms with Crippen molar-refractivity contribution in [3.05, 3.63) is 54.2 Å². The van der Waals surface area contributed by atoms with E-state index in [9.17, 15) is 26.3 Å². The number of aromatic nitrogens is 1. The molecule has 14 heteroatoms. The molecule has 0 amide bonds. The zero-order valence-corrected chi connectivity index (χ0v) is 19.5. The number of alkyl halides is 6. The van der Waals surface area contributed by atoms with Crippen LogP contribution in [0.3, 0.4) is 0 Å². The summed E-state index contributed by atoms with van der Waals surface area (Å²) in [5.41, 5.74) is 1.55. The monoisotopic (exact) mass is 540 g/mol. The number of carboxylic acid groups (broad SMARTS) is 2. The number of fused-ring (bicyclic) bond motifs is 1. The van der Waals surface area contributed by atoms with Gasteiger partial charge in [0.1, 0.15) is 5.76 Å². The van der Waals surface area contributed by atoms with E-state index >= 15 is 0 Å². The minimum absolute atomic E-state index is 0.347. The van der Waals surface area contributed by atoms with Crippen molar-refractivity contribution in [3.8, 4) is 0 Å². The number of nitrogens with zero attached hydrogens (tertiary/aromatic N) is 2. The normalized spacial score (nSPS) is 21.3. The molecule has 1 aliphatic heterocycles. The largest absolute Gasteiger partial charge is 0.490 e. The highest BCUT2D eigenvalue weighted by molar-refractivity contribution is 5.73. The van der Waals surface area contributed by atoms with Crippen molar-refractivity contribution in [2.24, 2.45) is 11.3 Å². The molecule has 2 N–H and O–H groups in total. The molecule has 1 saturated heterocycles. The number of furan rings is 1. The Bertz CT molecular complexity index is 960. The van der Waals surface area contributed by atoms with E-state index in [2.05, 4.69) is 16.0 Å². The summed E-state index contributed by atoms with van der Waals surface area (Å²) in [5, 5.41) is 14.2. The fraction of sp³-hybridized carbons (Fsp3) is 0.522. The molecule has 1 saturated carbocycles. The van der Waals surface area contributed by atoms with E-state index in [0.717, 1.165) is 31.4 Å². The van der Waals surface area contributed by atoms with Gasteiger partial charge < -0.3 is 19.4 Å². The molecule has 3 heterocycles. The molecule has 0 unspecified atom stereocenters. The van der Waals surface area contributed by atoms with Crippen LogP contribution in [0.1, 0.15) is 30.6 Å². The van der Waals surface area contributed by atoms with Crippen LogP contribution in [-0.2, 0) is 27.5 Å². The highest BCUT2D eigenvalue weighted by Crippen LogP contribution is 2.49. The molecule has 1 aliphatic carbocycles. The average molecular weight is 540 g/mol. The number of carbonyl (C=O) groups is 2. The van der Waals surface area contributed by atoms with Crippen molar-refractivity contribution < 1.29 is 55.3 Å². The van der Waals surface area contributed by atoms with Crippen LogP contribution in [0.15, 0.2) is 47.3 Å². The fourth-order valence-corrected chi connectivity index (χ4v) is 4.36. The molecule has 0 aromatic carbocycles. The van der Waals surface area contributed by atoms with E-state index in [4.69, 9.17) is 29.0 Å². The predicted molar refractivity (Wildman–Crippen MR) is 115 cm³/mol. The zero-order valence-electron chi connectivity index (χ0n) is 19.5. The molecule has 4 rings (SSSR count). The lowest BCUT2D eigenvalue weighted by Gasteiger charge is -2.28. The lowest BCUT2D eigenvalue weighted by molar-refractivity contribution is -0.193. The molecule has 2 aromatic rings. The maximum Gasteiger partial charge on any atom is 0.490 e. The number of hydrogen-bond acceptors (Lipinski definition) is 6. The summed E-state index contributed by atoms with van der Waals surface area (Å²) in [6, 6.07) is 8.10. The Morgan fingerprint density at radius 2 is 1.68 bits per heavy atom. The van der Waals surface area contributed by atoms with Gasteiger partial charge in [0.2, 0.25) is 0 Å². The maximum atomic E-state index is 10.6. The van der Waals surface area contributed by atoms with Crippen LogP contribution >= 0.6 is 0 Å². The first-order chi connectivity index (χ1) is 17.2. The van der Waals surface area contributed by atoms with Crippen LogP contribution < -0.4 is 0 Å². The van der Waals surface area contributed by atoms with Gasteiger partial charge in [-0.3, -0.25) is 9.88 Å². The first kappa shape index (κ1) is 30.1. The summed E-state index contributed by atoms with van der Waals surface area (Å²) in [6.07, 6.45) is -0.764. The van der Waals surface area contributed by atoms with Crippen LogP contribution in [0.25, 0.3) is 0 Å². The van der Waals surface area contributed by atoms with E-state index in [0.29, 0.717) is 12.0 Å². The second-order valence-electron chi connectivity index (χ2n) is 8.65. The Hall–Kier alpha value is -3.13. The Kier molecular flexibility index (Phi) is 10.5. The molecule has 2 fully saturated rings.